The molecule has 0 aliphatic rings. The summed E-state index contributed by atoms with van der Waals surface area (Å²) in [7, 11) is 1.61. The summed E-state index contributed by atoms with van der Waals surface area (Å²) in [5, 5.41) is 79.8. The van der Waals surface area contributed by atoms with Crippen LogP contribution in [0.3, 0.4) is 0 Å². The van der Waals surface area contributed by atoms with Gasteiger partial charge in [0.2, 0.25) is 0 Å². The number of nitrogens with zero attached hydrogens (tertiary/aromatic N) is 2. The second-order valence-corrected chi connectivity index (χ2v) is 19.7. The van der Waals surface area contributed by atoms with Gasteiger partial charge in [-0.05, 0) is 146 Å². The van der Waals surface area contributed by atoms with Crippen molar-refractivity contribution in [2.24, 2.45) is 0 Å². The molecular formula is C63H57Cl4N8O15Pt-. The maximum Gasteiger partial charge on any atom is 0.339 e. The average molecular weight is 1500 g/mol. The third-order valence-electron chi connectivity index (χ3n) is 11.5. The Hall–Kier alpha value is -10.3. The molecule has 0 radical (unpaired) electrons. The molecule has 9 aromatic rings. The number of halogens is 4. The molecule has 9 rings (SSSR count). The number of phenols is 4. The summed E-state index contributed by atoms with van der Waals surface area (Å²) >= 11 is 22.9. The quantitative estimate of drug-likeness (QED) is 0.0196. The number of carboxylic acid groups (broad SMARTS) is 1. The monoisotopic (exact) mass is 1500 g/mol. The first-order valence-corrected chi connectivity index (χ1v) is 27.2. The van der Waals surface area contributed by atoms with Crippen molar-refractivity contribution in [3.63, 3.8) is 0 Å². The fourth-order valence-corrected chi connectivity index (χ4v) is 8.00. The number of anilines is 6. The van der Waals surface area contributed by atoms with Gasteiger partial charge in [0.15, 0.2) is 11.5 Å². The summed E-state index contributed by atoms with van der Waals surface area (Å²) in [6, 6.07) is 47.7. The van der Waals surface area contributed by atoms with Crippen molar-refractivity contribution in [1.82, 2.24) is 0 Å². The normalized spacial score (nSPS) is 9.78. The van der Waals surface area contributed by atoms with Crippen molar-refractivity contribution < 1.29 is 85.1 Å². The van der Waals surface area contributed by atoms with Crippen LogP contribution < -0.4 is 42.2 Å². The number of carbonyl (C=O) groups is 4. The molecule has 3 amide bonds. The van der Waals surface area contributed by atoms with Crippen LogP contribution in [-0.4, -0.2) is 72.8 Å². The second-order valence-electron chi connectivity index (χ2n) is 18.0. The van der Waals surface area contributed by atoms with Gasteiger partial charge in [-0.15, -0.1) is 0 Å². The van der Waals surface area contributed by atoms with E-state index in [-0.39, 0.29) is 90.8 Å². The molecule has 0 unspecified atom stereocenters. The number of non-ortho nitro benzene ring substituents is 2. The predicted molar refractivity (Wildman–Crippen MR) is 349 cm³/mol. The Balaban J connectivity index is 0.000000312. The van der Waals surface area contributed by atoms with Crippen molar-refractivity contribution in [2.45, 2.75) is 13.5 Å². The van der Waals surface area contributed by atoms with Crippen LogP contribution in [0.1, 0.15) is 53.9 Å². The largest absolute Gasteiger partial charge is 0.507 e. The zero-order valence-electron chi connectivity index (χ0n) is 48.0. The van der Waals surface area contributed by atoms with Crippen molar-refractivity contribution >= 4 is 116 Å². The van der Waals surface area contributed by atoms with Crippen LogP contribution in [0.25, 0.3) is 0 Å². The summed E-state index contributed by atoms with van der Waals surface area (Å²) in [6.45, 7) is 3.04. The van der Waals surface area contributed by atoms with Crippen molar-refractivity contribution in [2.75, 3.05) is 46.5 Å². The van der Waals surface area contributed by atoms with Crippen LogP contribution in [0.4, 0.5) is 45.5 Å². The molecular weight excluding hydrogens is 1450 g/mol. The molecule has 9 aromatic carbocycles. The number of phenolic OH excluding ortho intramolecular Hbond substituents is 3. The number of hydrogen-bond acceptors (Lipinski definition) is 17. The molecule has 0 heterocycles. The predicted octanol–water partition coefficient (Wildman–Crippen LogP) is 14.8. The maximum absolute atomic E-state index is 12.5. The summed E-state index contributed by atoms with van der Waals surface area (Å²) < 4.78 is 10.9. The summed E-state index contributed by atoms with van der Waals surface area (Å²) in [5.41, 5.74) is 15.0. The van der Waals surface area contributed by atoms with Gasteiger partial charge in [0.25, 0.3) is 29.1 Å². The van der Waals surface area contributed by atoms with Crippen LogP contribution in [0, 0.1) is 27.7 Å². The number of nitrogens with two attached hydrogens (primary N) is 2. The first kappa shape index (κ1) is 75.0. The van der Waals surface area contributed by atoms with Gasteiger partial charge in [0, 0.05) is 106 Å². The molecule has 0 bridgehead atoms. The Labute approximate surface area is 555 Å². The number of nitro groups is 2. The van der Waals surface area contributed by atoms with E-state index in [0.29, 0.717) is 67.5 Å². The first-order valence-electron chi connectivity index (χ1n) is 25.7. The summed E-state index contributed by atoms with van der Waals surface area (Å²) in [5.74, 6) is -2.05. The first-order chi connectivity index (χ1) is 42.3. The minimum absolute atomic E-state index is 0. The third-order valence-corrected chi connectivity index (χ3v) is 12.4. The topological polar surface area (TPSA) is 374 Å². The zero-order valence-corrected chi connectivity index (χ0v) is 53.3. The Morgan fingerprint density at radius 1 is 0.484 bits per heavy atom. The zero-order chi connectivity index (χ0) is 65.3. The number of rotatable bonds is 15. The van der Waals surface area contributed by atoms with Gasteiger partial charge in [-0.2, -0.15) is 0 Å². The number of amides is 3. The number of nitrogen functional groups attached to an aromatic ring is 2. The van der Waals surface area contributed by atoms with Crippen LogP contribution in [0.2, 0.25) is 20.1 Å². The number of nitro benzene ring substituents is 2. The van der Waals surface area contributed by atoms with Crippen molar-refractivity contribution in [1.29, 1.82) is 0 Å². The van der Waals surface area contributed by atoms with Gasteiger partial charge in [0.1, 0.15) is 28.6 Å². The number of carboxylic acids is 1. The van der Waals surface area contributed by atoms with E-state index >= 15 is 0 Å². The molecule has 0 saturated carbocycles. The fourth-order valence-electron chi connectivity index (χ4n) is 7.31. The van der Waals surface area contributed by atoms with Gasteiger partial charge in [-0.25, -0.2) is 4.79 Å². The maximum atomic E-state index is 12.5. The Morgan fingerprint density at radius 2 is 0.857 bits per heavy atom. The molecule has 0 spiro atoms. The van der Waals surface area contributed by atoms with Gasteiger partial charge >= 0.3 is 5.97 Å². The van der Waals surface area contributed by atoms with Crippen molar-refractivity contribution in [3.8, 4) is 34.5 Å². The molecule has 0 saturated heterocycles. The fraction of sp³-hybridized carbons (Fsp3) is 0.0635. The minimum atomic E-state index is -1.19. The Kier molecular flexibility index (Phi) is 30.4. The number of methoxy groups -OCH3 is 1. The molecule has 0 aliphatic carbocycles. The number of ether oxygens (including phenoxy) is 2. The smallest absolute Gasteiger partial charge is 0.339 e. The Morgan fingerprint density at radius 3 is 1.25 bits per heavy atom. The molecule has 0 aliphatic heterocycles. The van der Waals surface area contributed by atoms with E-state index in [4.69, 9.17) is 77.6 Å². The molecule has 0 aromatic heterocycles. The van der Waals surface area contributed by atoms with Crippen LogP contribution >= 0.6 is 46.4 Å². The van der Waals surface area contributed by atoms with Gasteiger partial charge in [0.05, 0.1) is 40.3 Å². The Bertz CT molecular complexity index is 4020. The van der Waals surface area contributed by atoms with E-state index < -0.39 is 33.5 Å². The van der Waals surface area contributed by atoms with Crippen LogP contribution in [0.5, 0.6) is 34.5 Å². The third kappa shape index (κ3) is 24.3. The summed E-state index contributed by atoms with van der Waals surface area (Å²) in [4.78, 5) is 66.4. The number of carbonyl (C=O) groups excluding carboxylic acids is 3. The van der Waals surface area contributed by atoms with E-state index in [9.17, 15) is 54.7 Å². The number of hydrogen-bond donors (Lipinski definition) is 11. The molecule has 23 nitrogen and oxygen atoms in total. The molecule has 13 N–H and O–H groups in total. The van der Waals surface area contributed by atoms with Gasteiger partial charge in [-0.1, -0.05) is 76.7 Å². The number of aromatic hydroxyl groups is 4. The number of nitrogens with one attached hydrogen (secondary N) is 4. The molecule has 91 heavy (non-hydrogen) atoms. The molecule has 478 valence electrons. The van der Waals surface area contributed by atoms with E-state index in [1.54, 1.807) is 49.6 Å². The molecule has 0 fully saturated rings. The number of benzene rings is 9. The molecule has 28 heteroatoms. The number of aromatic carboxylic acids is 1. The van der Waals surface area contributed by atoms with E-state index in [0.717, 1.165) is 11.3 Å². The van der Waals surface area contributed by atoms with E-state index in [1.165, 1.54) is 109 Å². The standard InChI is InChI=1S/C23H23ClN2O4.C13H9ClN2O4.C13H11ClN2O2.C7H5ClO3.C6H6N2O2.CH3.Pt/c1-3-30-22-11-15(7-10-21(22)29-2)14-25-17-5-4-6-18(13-17)26-23(28)19-12-16(24)8-9-20(19)27;14-8-4-5-12(17)11(6-8)13(18)15-9-2-1-3-10(7-9)16(19)20;14-8-4-5-12(17)11(6-8)13(18)16-10-3-1-2-9(15)7-10;8-4-1-2-6(9)5(3-4)7(10)11;7-5-2-1-3-6(4-5)8(9)10;;/h4-13,25,27H,3,14H2,1-2H3,(H,26,28);1-7,17H,(H,15,18);1-7,17H,15H2,(H,16,18);1-3,9H,(H,10,11);1-4H,7H2;1H3;/q;;;;;-1;. The molecule has 0 atom stereocenters. The van der Waals surface area contributed by atoms with Crippen LogP contribution in [-0.2, 0) is 27.6 Å². The van der Waals surface area contributed by atoms with Gasteiger partial charge in [-0.3, -0.25) is 34.6 Å². The van der Waals surface area contributed by atoms with Crippen LogP contribution in [0.15, 0.2) is 188 Å². The van der Waals surface area contributed by atoms with E-state index in [1.807, 2.05) is 43.3 Å². The second kappa shape index (κ2) is 36.9. The van der Waals surface area contributed by atoms with Gasteiger partial charge < -0.3 is 75.2 Å². The average Bonchev–Trinajstić information content (AvgIpc) is 1.85. The SMILES string of the molecule is CCOc1cc(CNc2cccc(NC(=O)c3cc(Cl)ccc3O)c2)ccc1OC.Nc1cccc(NC(=O)c2cc(Cl)ccc2O)c1.Nc1cccc([N+](=O)[O-])c1.O=C(Nc1cccc([N+](=O)[O-])c1)c1cc(Cl)ccc1O.O=C(O)c1cc(Cl)ccc1O.[CH3-].[Pt]. The minimum Gasteiger partial charge on any atom is -0.507 e. The van der Waals surface area contributed by atoms with E-state index in [2.05, 4.69) is 21.3 Å². The summed E-state index contributed by atoms with van der Waals surface area (Å²) in [6.07, 6.45) is 0. The van der Waals surface area contributed by atoms with Crippen molar-refractivity contribution in [3.05, 3.63) is 264 Å².